The molecule has 2 aromatic rings. The molecule has 6 heteroatoms. The number of thiazole rings is 1. The van der Waals surface area contributed by atoms with E-state index in [0.717, 1.165) is 35.9 Å². The normalized spacial score (nSPS) is 18.2. The van der Waals surface area contributed by atoms with Gasteiger partial charge in [-0.1, -0.05) is 13.8 Å². The van der Waals surface area contributed by atoms with Crippen LogP contribution in [0.15, 0.2) is 17.8 Å². The Bertz CT molecular complexity index is 628. The molecule has 3 rings (SSSR count). The Labute approximate surface area is 135 Å². The van der Waals surface area contributed by atoms with Crippen molar-refractivity contribution in [1.82, 2.24) is 15.0 Å². The van der Waals surface area contributed by atoms with Crippen molar-refractivity contribution in [2.45, 2.75) is 39.7 Å². The maximum atomic E-state index is 5.70. The molecular weight excluding hydrogens is 296 g/mol. The van der Waals surface area contributed by atoms with Gasteiger partial charge < -0.3 is 9.64 Å². The van der Waals surface area contributed by atoms with Crippen LogP contribution in [0.25, 0.3) is 0 Å². The monoisotopic (exact) mass is 318 g/mol. The molecule has 2 aromatic heterocycles. The molecule has 1 aliphatic rings. The third kappa shape index (κ3) is 3.38. The fraction of sp³-hybridized carbons (Fsp3) is 0.562. The van der Waals surface area contributed by atoms with Crippen LogP contribution in [0.2, 0.25) is 0 Å². The molecule has 118 valence electrons. The van der Waals surface area contributed by atoms with E-state index in [1.54, 1.807) is 17.5 Å². The highest BCUT2D eigenvalue weighted by atomic mass is 32.1. The van der Waals surface area contributed by atoms with Gasteiger partial charge in [0.2, 0.25) is 5.88 Å². The summed E-state index contributed by atoms with van der Waals surface area (Å²) in [5.74, 6) is 1.96. The number of aromatic nitrogens is 3. The first-order chi connectivity index (χ1) is 10.6. The third-order valence-corrected chi connectivity index (χ3v) is 4.48. The van der Waals surface area contributed by atoms with Crippen molar-refractivity contribution in [2.24, 2.45) is 5.92 Å². The van der Waals surface area contributed by atoms with Gasteiger partial charge in [-0.2, -0.15) is 4.98 Å². The maximum absolute atomic E-state index is 5.70. The van der Waals surface area contributed by atoms with Gasteiger partial charge in [0.15, 0.2) is 5.82 Å². The lowest BCUT2D eigenvalue weighted by Gasteiger charge is -2.24. The summed E-state index contributed by atoms with van der Waals surface area (Å²) >= 11 is 1.70. The minimum absolute atomic E-state index is 0.305. The van der Waals surface area contributed by atoms with E-state index in [1.165, 1.54) is 0 Å². The molecule has 0 saturated carbocycles. The van der Waals surface area contributed by atoms with Crippen LogP contribution in [-0.2, 0) is 0 Å². The average Bonchev–Trinajstić information content (AvgIpc) is 3.13. The average molecular weight is 318 g/mol. The second-order valence-corrected chi connectivity index (χ2v) is 7.13. The number of anilines is 1. The summed E-state index contributed by atoms with van der Waals surface area (Å²) in [4.78, 5) is 15.9. The second-order valence-electron chi connectivity index (χ2n) is 6.06. The lowest BCUT2D eigenvalue weighted by atomic mass is 10.2. The maximum Gasteiger partial charge on any atom is 0.234 e. The van der Waals surface area contributed by atoms with Gasteiger partial charge in [-0.05, 0) is 25.7 Å². The van der Waals surface area contributed by atoms with Crippen molar-refractivity contribution in [3.8, 4) is 5.88 Å². The summed E-state index contributed by atoms with van der Waals surface area (Å²) in [6.45, 7) is 7.95. The number of ether oxygens (including phenoxy) is 1. The van der Waals surface area contributed by atoms with Crippen LogP contribution in [0.3, 0.4) is 0 Å². The van der Waals surface area contributed by atoms with Gasteiger partial charge in [0.1, 0.15) is 0 Å². The first-order valence-corrected chi connectivity index (χ1v) is 8.65. The van der Waals surface area contributed by atoms with E-state index in [-0.39, 0.29) is 0 Å². The minimum Gasteiger partial charge on any atom is -0.476 e. The topological polar surface area (TPSA) is 51.1 Å². The summed E-state index contributed by atoms with van der Waals surface area (Å²) in [5.41, 5.74) is 1.15. The third-order valence-electron chi connectivity index (χ3n) is 3.69. The van der Waals surface area contributed by atoms with Crippen molar-refractivity contribution in [2.75, 3.05) is 18.1 Å². The van der Waals surface area contributed by atoms with Crippen LogP contribution in [0.5, 0.6) is 5.88 Å². The van der Waals surface area contributed by atoms with Crippen molar-refractivity contribution in [3.63, 3.8) is 0 Å². The molecule has 1 aliphatic heterocycles. The molecule has 0 amide bonds. The number of hydrogen-bond acceptors (Lipinski definition) is 6. The Morgan fingerprint density at radius 2 is 2.23 bits per heavy atom. The molecule has 0 aromatic carbocycles. The van der Waals surface area contributed by atoms with Gasteiger partial charge >= 0.3 is 0 Å². The van der Waals surface area contributed by atoms with E-state index < -0.39 is 0 Å². The summed E-state index contributed by atoms with van der Waals surface area (Å²) in [5, 5.41) is 3.27. The van der Waals surface area contributed by atoms with Crippen molar-refractivity contribution >= 4 is 17.2 Å². The fourth-order valence-electron chi connectivity index (χ4n) is 2.68. The number of nitrogens with zero attached hydrogens (tertiary/aromatic N) is 4. The smallest absolute Gasteiger partial charge is 0.234 e. The van der Waals surface area contributed by atoms with Crippen LogP contribution in [0.1, 0.15) is 43.4 Å². The number of aryl methyl sites for hydroxylation is 1. The molecular formula is C16H22N4OS. The molecule has 0 radical (unpaired) electrons. The molecule has 0 spiro atoms. The second kappa shape index (κ2) is 6.60. The molecule has 1 atom stereocenters. The van der Waals surface area contributed by atoms with E-state index in [9.17, 15) is 0 Å². The zero-order valence-electron chi connectivity index (χ0n) is 13.3. The van der Waals surface area contributed by atoms with E-state index in [0.29, 0.717) is 24.4 Å². The standard InChI is InChI=1S/C16H22N4OS/c1-11(2)9-21-16-8-17-7-15(19-16)20-6-4-5-14(20)13-10-22-12(3)18-13/h7-8,10-11,14H,4-6,9H2,1-3H3. The van der Waals surface area contributed by atoms with Gasteiger partial charge in [0.25, 0.3) is 0 Å². The highest BCUT2D eigenvalue weighted by molar-refractivity contribution is 7.09. The quantitative estimate of drug-likeness (QED) is 0.843. The fourth-order valence-corrected chi connectivity index (χ4v) is 3.34. The van der Waals surface area contributed by atoms with Gasteiger partial charge in [-0.3, -0.25) is 4.98 Å². The predicted octanol–water partition coefficient (Wildman–Crippen LogP) is 3.62. The molecule has 1 saturated heterocycles. The molecule has 5 nitrogen and oxygen atoms in total. The lowest BCUT2D eigenvalue weighted by Crippen LogP contribution is -2.24. The molecule has 1 unspecified atom stereocenters. The number of rotatable bonds is 5. The summed E-state index contributed by atoms with van der Waals surface area (Å²) in [6.07, 6.45) is 5.77. The zero-order chi connectivity index (χ0) is 15.5. The van der Waals surface area contributed by atoms with Crippen LogP contribution >= 0.6 is 11.3 Å². The van der Waals surface area contributed by atoms with Crippen LogP contribution in [0, 0.1) is 12.8 Å². The molecule has 0 bridgehead atoms. The van der Waals surface area contributed by atoms with Gasteiger partial charge in [-0.25, -0.2) is 4.98 Å². The van der Waals surface area contributed by atoms with Crippen LogP contribution in [0.4, 0.5) is 5.82 Å². The summed E-state index contributed by atoms with van der Waals surface area (Å²) in [7, 11) is 0. The Hall–Kier alpha value is -1.69. The highest BCUT2D eigenvalue weighted by Gasteiger charge is 2.29. The molecule has 1 fully saturated rings. The van der Waals surface area contributed by atoms with E-state index >= 15 is 0 Å². The lowest BCUT2D eigenvalue weighted by molar-refractivity contribution is 0.260. The summed E-state index contributed by atoms with van der Waals surface area (Å²) < 4.78 is 5.70. The van der Waals surface area contributed by atoms with Gasteiger partial charge in [0.05, 0.1) is 35.7 Å². The van der Waals surface area contributed by atoms with Crippen molar-refractivity contribution in [1.29, 1.82) is 0 Å². The minimum atomic E-state index is 0.305. The van der Waals surface area contributed by atoms with Gasteiger partial charge in [0, 0.05) is 11.9 Å². The van der Waals surface area contributed by atoms with E-state index in [4.69, 9.17) is 4.74 Å². The largest absolute Gasteiger partial charge is 0.476 e. The Kier molecular flexibility index (Phi) is 4.57. The van der Waals surface area contributed by atoms with Crippen molar-refractivity contribution < 1.29 is 4.74 Å². The van der Waals surface area contributed by atoms with E-state index in [1.807, 2.05) is 13.1 Å². The Balaban J connectivity index is 1.79. The van der Waals surface area contributed by atoms with Crippen LogP contribution < -0.4 is 9.64 Å². The molecule has 0 aliphatic carbocycles. The molecule has 0 N–H and O–H groups in total. The summed E-state index contributed by atoms with van der Waals surface area (Å²) in [6, 6.07) is 0.305. The van der Waals surface area contributed by atoms with Crippen LogP contribution in [-0.4, -0.2) is 28.1 Å². The first kappa shape index (κ1) is 15.2. The first-order valence-electron chi connectivity index (χ1n) is 7.77. The number of hydrogen-bond donors (Lipinski definition) is 0. The van der Waals surface area contributed by atoms with Gasteiger partial charge in [-0.15, -0.1) is 11.3 Å². The zero-order valence-corrected chi connectivity index (χ0v) is 14.1. The highest BCUT2D eigenvalue weighted by Crippen LogP contribution is 2.35. The molecule has 22 heavy (non-hydrogen) atoms. The van der Waals surface area contributed by atoms with E-state index in [2.05, 4.69) is 39.1 Å². The van der Waals surface area contributed by atoms with Crippen molar-refractivity contribution in [3.05, 3.63) is 28.5 Å². The predicted molar refractivity (Wildman–Crippen MR) is 88.5 cm³/mol. The molecule has 3 heterocycles. The Morgan fingerprint density at radius 3 is 2.95 bits per heavy atom. The SMILES string of the molecule is Cc1nc(C2CCCN2c2cncc(OCC(C)C)n2)cs1. The Morgan fingerprint density at radius 1 is 1.36 bits per heavy atom.